The van der Waals surface area contributed by atoms with E-state index in [2.05, 4.69) is 10.2 Å². The summed E-state index contributed by atoms with van der Waals surface area (Å²) in [7, 11) is 0. The highest BCUT2D eigenvalue weighted by Crippen LogP contribution is 2.23. The highest BCUT2D eigenvalue weighted by Gasteiger charge is 2.06. The average Bonchev–Trinajstić information content (AvgIpc) is 2.57. The summed E-state index contributed by atoms with van der Waals surface area (Å²) in [5.41, 5.74) is 0.789. The molecule has 0 bridgehead atoms. The molecule has 0 saturated heterocycles. The van der Waals surface area contributed by atoms with E-state index in [1.165, 1.54) is 12.1 Å². The van der Waals surface area contributed by atoms with Crippen LogP contribution in [-0.4, -0.2) is 16.8 Å². The second-order valence-electron chi connectivity index (χ2n) is 3.07. The van der Waals surface area contributed by atoms with Gasteiger partial charge in [0, 0.05) is 0 Å². The van der Waals surface area contributed by atoms with Crippen LogP contribution in [-0.2, 0) is 0 Å². The lowest BCUT2D eigenvalue weighted by Crippen LogP contribution is -1.95. The number of hydrogen-bond acceptors (Lipinski definition) is 2. The quantitative estimate of drug-likeness (QED) is 0.815. The van der Waals surface area contributed by atoms with E-state index < -0.39 is 0 Å². The Bertz CT molecular complexity index is 439. The van der Waals surface area contributed by atoms with E-state index in [1.807, 2.05) is 6.92 Å². The molecule has 14 heavy (non-hydrogen) atoms. The summed E-state index contributed by atoms with van der Waals surface area (Å²) in [6.07, 6.45) is 0.906. The van der Waals surface area contributed by atoms with E-state index in [-0.39, 0.29) is 5.82 Å². The van der Waals surface area contributed by atoms with E-state index in [1.54, 1.807) is 6.07 Å². The molecule has 3 nitrogen and oxygen atoms in total. The number of nitrogens with zero attached hydrogens (tertiary/aromatic N) is 1. The molecular weight excluding hydrogens is 183 g/mol. The van der Waals surface area contributed by atoms with E-state index in [0.29, 0.717) is 17.9 Å². The van der Waals surface area contributed by atoms with Crippen LogP contribution in [0.4, 0.5) is 4.39 Å². The zero-order valence-corrected chi connectivity index (χ0v) is 7.88. The van der Waals surface area contributed by atoms with Crippen LogP contribution in [0.3, 0.4) is 0 Å². The van der Waals surface area contributed by atoms with Gasteiger partial charge in [0.1, 0.15) is 5.82 Å². The molecule has 0 amide bonds. The van der Waals surface area contributed by atoms with Gasteiger partial charge in [-0.1, -0.05) is 6.92 Å². The SMILES string of the molecule is CCCOc1n[nH]c2ccc(F)cc12. The number of halogens is 1. The number of nitrogens with one attached hydrogen (secondary N) is 1. The second-order valence-corrected chi connectivity index (χ2v) is 3.07. The largest absolute Gasteiger partial charge is 0.476 e. The Labute approximate surface area is 80.9 Å². The van der Waals surface area contributed by atoms with Crippen molar-refractivity contribution in [1.82, 2.24) is 10.2 Å². The Morgan fingerprint density at radius 3 is 3.14 bits per heavy atom. The zero-order chi connectivity index (χ0) is 9.97. The fraction of sp³-hybridized carbons (Fsp3) is 0.300. The normalized spacial score (nSPS) is 10.7. The number of aromatic nitrogens is 2. The maximum absolute atomic E-state index is 12.9. The van der Waals surface area contributed by atoms with Crippen molar-refractivity contribution in [3.05, 3.63) is 24.0 Å². The summed E-state index contributed by atoms with van der Waals surface area (Å²) in [5, 5.41) is 7.44. The van der Waals surface area contributed by atoms with Crippen molar-refractivity contribution < 1.29 is 9.13 Å². The highest BCUT2D eigenvalue weighted by atomic mass is 19.1. The van der Waals surface area contributed by atoms with Gasteiger partial charge < -0.3 is 4.74 Å². The predicted octanol–water partition coefficient (Wildman–Crippen LogP) is 2.49. The average molecular weight is 194 g/mol. The number of ether oxygens (including phenoxy) is 1. The summed E-state index contributed by atoms with van der Waals surface area (Å²) in [4.78, 5) is 0. The van der Waals surface area contributed by atoms with Crippen molar-refractivity contribution in [2.24, 2.45) is 0 Å². The molecule has 0 saturated carbocycles. The van der Waals surface area contributed by atoms with Crippen molar-refractivity contribution in [3.8, 4) is 5.88 Å². The molecule has 0 aliphatic carbocycles. The third kappa shape index (κ3) is 1.55. The molecule has 2 rings (SSSR count). The third-order valence-corrected chi connectivity index (χ3v) is 1.93. The minimum absolute atomic E-state index is 0.278. The van der Waals surface area contributed by atoms with Crippen LogP contribution in [0.15, 0.2) is 18.2 Å². The molecule has 1 aromatic heterocycles. The van der Waals surface area contributed by atoms with Crippen LogP contribution in [0.2, 0.25) is 0 Å². The van der Waals surface area contributed by atoms with Crippen molar-refractivity contribution in [2.75, 3.05) is 6.61 Å². The molecule has 0 spiro atoms. The molecule has 4 heteroatoms. The van der Waals surface area contributed by atoms with E-state index in [4.69, 9.17) is 4.74 Å². The molecule has 0 radical (unpaired) electrons. The second kappa shape index (κ2) is 3.65. The minimum Gasteiger partial charge on any atom is -0.476 e. The van der Waals surface area contributed by atoms with Gasteiger partial charge in [-0.15, -0.1) is 5.10 Å². The number of fused-ring (bicyclic) bond motifs is 1. The van der Waals surface area contributed by atoms with Gasteiger partial charge in [-0.25, -0.2) is 4.39 Å². The summed E-state index contributed by atoms with van der Waals surface area (Å²) in [6, 6.07) is 4.46. The number of H-pyrrole nitrogens is 1. The molecule has 1 heterocycles. The Morgan fingerprint density at radius 1 is 1.50 bits per heavy atom. The van der Waals surface area contributed by atoms with Crippen LogP contribution in [0.1, 0.15) is 13.3 Å². The minimum atomic E-state index is -0.278. The van der Waals surface area contributed by atoms with Gasteiger partial charge in [-0.05, 0) is 24.6 Å². The fourth-order valence-corrected chi connectivity index (χ4v) is 1.27. The first-order valence-corrected chi connectivity index (χ1v) is 4.57. The Balaban J connectivity index is 2.40. The van der Waals surface area contributed by atoms with Crippen molar-refractivity contribution in [2.45, 2.75) is 13.3 Å². The number of rotatable bonds is 3. The maximum atomic E-state index is 12.9. The topological polar surface area (TPSA) is 37.9 Å². The summed E-state index contributed by atoms with van der Waals surface area (Å²) < 4.78 is 18.3. The molecule has 1 N–H and O–H groups in total. The molecule has 0 aliphatic heterocycles. The van der Waals surface area contributed by atoms with Gasteiger partial charge >= 0.3 is 0 Å². The van der Waals surface area contributed by atoms with Crippen molar-refractivity contribution in [1.29, 1.82) is 0 Å². The fourth-order valence-electron chi connectivity index (χ4n) is 1.27. The first-order valence-electron chi connectivity index (χ1n) is 4.57. The van der Waals surface area contributed by atoms with E-state index >= 15 is 0 Å². The molecule has 0 unspecified atom stereocenters. The standard InChI is InChI=1S/C10H11FN2O/c1-2-5-14-10-8-6-7(11)3-4-9(8)12-13-10/h3-4,6H,2,5H2,1H3,(H,12,13). The molecular formula is C10H11FN2O. The van der Waals surface area contributed by atoms with Crippen LogP contribution in [0.5, 0.6) is 5.88 Å². The van der Waals surface area contributed by atoms with Crippen molar-refractivity contribution in [3.63, 3.8) is 0 Å². The first-order chi connectivity index (χ1) is 6.81. The maximum Gasteiger partial charge on any atom is 0.240 e. The van der Waals surface area contributed by atoms with Gasteiger partial charge in [0.25, 0.3) is 0 Å². The molecule has 2 aromatic rings. The Kier molecular flexibility index (Phi) is 2.35. The van der Waals surface area contributed by atoms with Gasteiger partial charge in [-0.2, -0.15) is 0 Å². The molecule has 1 aromatic carbocycles. The molecule has 0 atom stereocenters. The first kappa shape index (κ1) is 8.99. The van der Waals surface area contributed by atoms with E-state index in [9.17, 15) is 4.39 Å². The molecule has 0 aliphatic rings. The van der Waals surface area contributed by atoms with E-state index in [0.717, 1.165) is 11.9 Å². The summed E-state index contributed by atoms with van der Waals surface area (Å²) in [5.74, 6) is 0.196. The van der Waals surface area contributed by atoms with Crippen LogP contribution in [0.25, 0.3) is 10.9 Å². The van der Waals surface area contributed by atoms with Crippen LogP contribution < -0.4 is 4.74 Å². The lowest BCUT2D eigenvalue weighted by atomic mass is 10.2. The summed E-state index contributed by atoms with van der Waals surface area (Å²) in [6.45, 7) is 2.60. The smallest absolute Gasteiger partial charge is 0.240 e. The van der Waals surface area contributed by atoms with Crippen molar-refractivity contribution >= 4 is 10.9 Å². The van der Waals surface area contributed by atoms with Gasteiger partial charge in [0.05, 0.1) is 17.5 Å². The third-order valence-electron chi connectivity index (χ3n) is 1.93. The zero-order valence-electron chi connectivity index (χ0n) is 7.88. The number of aromatic amines is 1. The molecule has 74 valence electrons. The monoisotopic (exact) mass is 194 g/mol. The van der Waals surface area contributed by atoms with Gasteiger partial charge in [0.15, 0.2) is 0 Å². The highest BCUT2D eigenvalue weighted by molar-refractivity contribution is 5.83. The Hall–Kier alpha value is -1.58. The number of hydrogen-bond donors (Lipinski definition) is 1. The number of benzene rings is 1. The lowest BCUT2D eigenvalue weighted by molar-refractivity contribution is 0.308. The van der Waals surface area contributed by atoms with Gasteiger partial charge in [0.2, 0.25) is 5.88 Å². The lowest BCUT2D eigenvalue weighted by Gasteiger charge is -1.99. The molecule has 0 fully saturated rings. The predicted molar refractivity (Wildman–Crippen MR) is 51.8 cm³/mol. The Morgan fingerprint density at radius 2 is 2.36 bits per heavy atom. The van der Waals surface area contributed by atoms with Crippen LogP contribution in [0, 0.1) is 5.82 Å². The van der Waals surface area contributed by atoms with Crippen LogP contribution >= 0.6 is 0 Å². The van der Waals surface area contributed by atoms with Gasteiger partial charge in [-0.3, -0.25) is 5.10 Å². The summed E-state index contributed by atoms with van der Waals surface area (Å²) >= 11 is 0.